The molecule has 23 heavy (non-hydrogen) atoms. The Morgan fingerprint density at radius 1 is 0.957 bits per heavy atom. The fraction of sp³-hybridized carbons (Fsp3) is 0.316. The van der Waals surface area contributed by atoms with Crippen molar-refractivity contribution in [2.75, 3.05) is 0 Å². The van der Waals surface area contributed by atoms with Gasteiger partial charge < -0.3 is 4.57 Å². The number of para-hydroxylation sites is 2. The van der Waals surface area contributed by atoms with Crippen LogP contribution in [-0.2, 0) is 16.1 Å². The minimum absolute atomic E-state index is 0.00480. The molecule has 1 aromatic heterocycles. The van der Waals surface area contributed by atoms with Crippen LogP contribution >= 0.6 is 0 Å². The largest absolute Gasteiger partial charge is 0.331 e. The van der Waals surface area contributed by atoms with Crippen molar-refractivity contribution >= 4 is 22.6 Å². The molecule has 4 heteroatoms. The standard InChI is InChI=1S/C19H20N2O2/c1-12-13(2)19(23)15(14(3)18(12)22)7-6-10-21-11-20-16-8-4-5-9-17(16)21/h4-5,8-9,11H,6-7,10H2,1-3H3. The van der Waals surface area contributed by atoms with Gasteiger partial charge in [-0.1, -0.05) is 12.1 Å². The number of nitrogens with zero attached hydrogens (tertiary/aromatic N) is 2. The number of fused-ring (bicyclic) bond motifs is 1. The number of benzene rings is 1. The third kappa shape index (κ3) is 2.65. The summed E-state index contributed by atoms with van der Waals surface area (Å²) in [5.74, 6) is 0.0280. The molecule has 118 valence electrons. The Hall–Kier alpha value is -2.49. The van der Waals surface area contributed by atoms with Crippen LogP contribution in [0, 0.1) is 0 Å². The maximum absolute atomic E-state index is 12.4. The molecule has 1 aliphatic rings. The first-order valence-corrected chi connectivity index (χ1v) is 7.87. The van der Waals surface area contributed by atoms with E-state index in [-0.39, 0.29) is 11.6 Å². The van der Waals surface area contributed by atoms with Gasteiger partial charge in [-0.15, -0.1) is 0 Å². The highest BCUT2D eigenvalue weighted by Gasteiger charge is 2.27. The van der Waals surface area contributed by atoms with Crippen LogP contribution in [-0.4, -0.2) is 21.1 Å². The molecular weight excluding hydrogens is 288 g/mol. The molecule has 4 nitrogen and oxygen atoms in total. The second-order valence-corrected chi connectivity index (χ2v) is 6.04. The van der Waals surface area contributed by atoms with Crippen LogP contribution < -0.4 is 0 Å². The molecule has 0 unspecified atom stereocenters. The van der Waals surface area contributed by atoms with Crippen LogP contribution in [0.3, 0.4) is 0 Å². The van der Waals surface area contributed by atoms with Crippen molar-refractivity contribution in [1.29, 1.82) is 0 Å². The van der Waals surface area contributed by atoms with Gasteiger partial charge >= 0.3 is 0 Å². The van der Waals surface area contributed by atoms with Crippen molar-refractivity contribution in [3.8, 4) is 0 Å². The molecule has 0 saturated heterocycles. The fourth-order valence-corrected chi connectivity index (χ4v) is 3.07. The van der Waals surface area contributed by atoms with Gasteiger partial charge in [-0.05, 0) is 45.7 Å². The lowest BCUT2D eigenvalue weighted by Gasteiger charge is -2.18. The number of carbonyl (C=O) groups excluding carboxylic acids is 2. The summed E-state index contributed by atoms with van der Waals surface area (Å²) in [6.45, 7) is 6.01. The summed E-state index contributed by atoms with van der Waals surface area (Å²) in [5, 5.41) is 0. The normalized spacial score (nSPS) is 16.0. The molecule has 2 aromatic rings. The summed E-state index contributed by atoms with van der Waals surface area (Å²) in [6, 6.07) is 7.99. The van der Waals surface area contributed by atoms with E-state index in [2.05, 4.69) is 9.55 Å². The quantitative estimate of drug-likeness (QED) is 0.811. The molecule has 0 atom stereocenters. The van der Waals surface area contributed by atoms with Gasteiger partial charge in [0.15, 0.2) is 11.6 Å². The first-order valence-electron chi connectivity index (χ1n) is 7.87. The van der Waals surface area contributed by atoms with Crippen molar-refractivity contribution in [3.05, 3.63) is 52.9 Å². The number of hydrogen-bond acceptors (Lipinski definition) is 3. The molecule has 0 radical (unpaired) electrons. The monoisotopic (exact) mass is 308 g/mol. The second-order valence-electron chi connectivity index (χ2n) is 6.04. The molecule has 0 N–H and O–H groups in total. The summed E-state index contributed by atoms with van der Waals surface area (Å²) in [5.41, 5.74) is 4.51. The van der Waals surface area contributed by atoms with E-state index in [4.69, 9.17) is 0 Å². The number of Topliss-reactive ketones (excluding diaryl/α,β-unsaturated/α-hetero) is 2. The Bertz CT molecular complexity index is 868. The number of carbonyl (C=O) groups is 2. The number of aromatic nitrogens is 2. The average molecular weight is 308 g/mol. The molecule has 1 aliphatic carbocycles. The van der Waals surface area contributed by atoms with Crippen molar-refractivity contribution in [3.63, 3.8) is 0 Å². The van der Waals surface area contributed by atoms with Gasteiger partial charge in [-0.3, -0.25) is 9.59 Å². The molecule has 0 amide bonds. The summed E-state index contributed by atoms with van der Waals surface area (Å²) in [6.07, 6.45) is 3.25. The highest BCUT2D eigenvalue weighted by atomic mass is 16.1. The summed E-state index contributed by atoms with van der Waals surface area (Å²) in [4.78, 5) is 29.0. The third-order valence-electron chi connectivity index (χ3n) is 4.66. The molecule has 0 aliphatic heterocycles. The Labute approximate surface area is 135 Å². The molecule has 1 heterocycles. The molecule has 1 aromatic carbocycles. The number of rotatable bonds is 4. The number of imidazole rings is 1. The summed E-state index contributed by atoms with van der Waals surface area (Å²) < 4.78 is 2.09. The van der Waals surface area contributed by atoms with E-state index in [0.29, 0.717) is 28.7 Å². The highest BCUT2D eigenvalue weighted by molar-refractivity contribution is 6.24. The van der Waals surface area contributed by atoms with Gasteiger partial charge in [0.05, 0.1) is 17.4 Å². The van der Waals surface area contributed by atoms with E-state index in [1.807, 2.05) is 30.6 Å². The van der Waals surface area contributed by atoms with Crippen LogP contribution in [0.1, 0.15) is 33.6 Å². The van der Waals surface area contributed by atoms with Crippen LogP contribution in [0.5, 0.6) is 0 Å². The van der Waals surface area contributed by atoms with Crippen LogP contribution in [0.2, 0.25) is 0 Å². The molecule has 0 saturated carbocycles. The maximum atomic E-state index is 12.4. The number of aryl methyl sites for hydroxylation is 1. The van der Waals surface area contributed by atoms with E-state index in [9.17, 15) is 9.59 Å². The minimum atomic E-state index is 0.00480. The third-order valence-corrected chi connectivity index (χ3v) is 4.66. The van der Waals surface area contributed by atoms with Gasteiger partial charge in [0.25, 0.3) is 0 Å². The van der Waals surface area contributed by atoms with Crippen LogP contribution in [0.4, 0.5) is 0 Å². The lowest BCUT2D eigenvalue weighted by molar-refractivity contribution is -0.116. The van der Waals surface area contributed by atoms with E-state index < -0.39 is 0 Å². The molecule has 0 bridgehead atoms. The van der Waals surface area contributed by atoms with Crippen LogP contribution in [0.15, 0.2) is 52.9 Å². The van der Waals surface area contributed by atoms with Gasteiger partial charge in [-0.2, -0.15) is 0 Å². The first kappa shape index (κ1) is 15.4. The maximum Gasteiger partial charge on any atom is 0.185 e. The Morgan fingerprint density at radius 3 is 2.43 bits per heavy atom. The van der Waals surface area contributed by atoms with Crippen molar-refractivity contribution in [1.82, 2.24) is 9.55 Å². The predicted molar refractivity (Wildman–Crippen MR) is 90.1 cm³/mol. The topological polar surface area (TPSA) is 52.0 Å². The summed E-state index contributed by atoms with van der Waals surface area (Å²) >= 11 is 0. The van der Waals surface area contributed by atoms with Crippen molar-refractivity contribution < 1.29 is 9.59 Å². The van der Waals surface area contributed by atoms with Crippen LogP contribution in [0.25, 0.3) is 11.0 Å². The zero-order chi connectivity index (χ0) is 16.6. The Kier molecular flexibility index (Phi) is 3.99. The van der Waals surface area contributed by atoms with Gasteiger partial charge in [-0.25, -0.2) is 4.98 Å². The van der Waals surface area contributed by atoms with E-state index in [0.717, 1.165) is 24.0 Å². The van der Waals surface area contributed by atoms with E-state index >= 15 is 0 Å². The van der Waals surface area contributed by atoms with Gasteiger partial charge in [0.2, 0.25) is 0 Å². The number of ketones is 2. The number of allylic oxidation sites excluding steroid dienone is 4. The van der Waals surface area contributed by atoms with Gasteiger partial charge in [0, 0.05) is 28.8 Å². The second kappa shape index (κ2) is 5.95. The zero-order valence-electron chi connectivity index (χ0n) is 13.7. The lowest BCUT2D eigenvalue weighted by atomic mass is 9.84. The Morgan fingerprint density at radius 2 is 1.65 bits per heavy atom. The van der Waals surface area contributed by atoms with E-state index in [1.54, 1.807) is 20.8 Å². The highest BCUT2D eigenvalue weighted by Crippen LogP contribution is 2.27. The molecule has 0 spiro atoms. The first-order chi connectivity index (χ1) is 11.0. The minimum Gasteiger partial charge on any atom is -0.331 e. The average Bonchev–Trinajstić information content (AvgIpc) is 2.97. The Balaban J connectivity index is 1.74. The van der Waals surface area contributed by atoms with Crippen molar-refractivity contribution in [2.45, 2.75) is 40.2 Å². The van der Waals surface area contributed by atoms with Gasteiger partial charge in [0.1, 0.15) is 0 Å². The van der Waals surface area contributed by atoms with Crippen molar-refractivity contribution in [2.24, 2.45) is 0 Å². The summed E-state index contributed by atoms with van der Waals surface area (Å²) in [7, 11) is 0. The molecule has 3 rings (SSSR count). The lowest BCUT2D eigenvalue weighted by Crippen LogP contribution is -2.20. The smallest absolute Gasteiger partial charge is 0.185 e. The van der Waals surface area contributed by atoms with E-state index in [1.165, 1.54) is 0 Å². The predicted octanol–water partition coefficient (Wildman–Crippen LogP) is 3.62. The number of hydrogen-bond donors (Lipinski definition) is 0. The molecule has 0 fully saturated rings. The zero-order valence-corrected chi connectivity index (χ0v) is 13.7. The SMILES string of the molecule is CC1=C(C)C(=O)C(CCCn2cnc3ccccc32)=C(C)C1=O. The fourth-order valence-electron chi connectivity index (χ4n) is 3.07. The molecular formula is C19H20N2O2.